The number of methoxy groups -OCH3 is 1. The summed E-state index contributed by atoms with van der Waals surface area (Å²) in [6.07, 6.45) is -0.100. The van der Waals surface area contributed by atoms with Crippen molar-refractivity contribution in [2.75, 3.05) is 12.4 Å². The van der Waals surface area contributed by atoms with Crippen molar-refractivity contribution in [2.45, 2.75) is 39.5 Å². The first-order valence-corrected chi connectivity index (χ1v) is 6.22. The number of nitrogens with one attached hydrogen (secondary N) is 1. The Labute approximate surface area is 114 Å². The van der Waals surface area contributed by atoms with Gasteiger partial charge in [0.1, 0.15) is 11.5 Å². The number of anilines is 1. The first-order chi connectivity index (χ1) is 8.74. The minimum atomic E-state index is -0.294. The largest absolute Gasteiger partial charge is 0.496 e. The van der Waals surface area contributed by atoms with Crippen LogP contribution >= 0.6 is 0 Å². The zero-order chi connectivity index (χ0) is 14.6. The zero-order valence-corrected chi connectivity index (χ0v) is 12.2. The average Bonchev–Trinajstić information content (AvgIpc) is 2.26. The van der Waals surface area contributed by atoms with E-state index in [1.165, 1.54) is 6.92 Å². The maximum absolute atomic E-state index is 11.6. The third-order valence-electron chi connectivity index (χ3n) is 2.70. The molecule has 0 bridgehead atoms. The fourth-order valence-electron chi connectivity index (χ4n) is 1.80. The molecule has 0 aliphatic carbocycles. The summed E-state index contributed by atoms with van der Waals surface area (Å²) in [5, 5.41) is 2.72. The van der Waals surface area contributed by atoms with Crippen molar-refractivity contribution in [2.24, 2.45) is 0 Å². The van der Waals surface area contributed by atoms with Crippen LogP contribution in [0.5, 0.6) is 5.75 Å². The second-order valence-corrected chi connectivity index (χ2v) is 5.59. The smallest absolute Gasteiger partial charge is 0.231 e. The van der Waals surface area contributed by atoms with Crippen molar-refractivity contribution in [1.82, 2.24) is 0 Å². The predicted octanol–water partition coefficient (Wildman–Crippen LogP) is 2.91. The van der Waals surface area contributed by atoms with Gasteiger partial charge in [-0.25, -0.2) is 0 Å². The SMILES string of the molecule is COc1ccc(NC(=O)CC(C)=O)cc1C(C)(C)C. The Morgan fingerprint density at radius 1 is 1.26 bits per heavy atom. The molecule has 0 heterocycles. The van der Waals surface area contributed by atoms with E-state index in [1.807, 2.05) is 12.1 Å². The highest BCUT2D eigenvalue weighted by molar-refractivity contribution is 6.03. The lowest BCUT2D eigenvalue weighted by Gasteiger charge is -2.23. The quantitative estimate of drug-likeness (QED) is 0.850. The van der Waals surface area contributed by atoms with E-state index in [9.17, 15) is 9.59 Å². The van der Waals surface area contributed by atoms with Crippen LogP contribution in [0.15, 0.2) is 18.2 Å². The van der Waals surface area contributed by atoms with Crippen molar-refractivity contribution < 1.29 is 14.3 Å². The van der Waals surface area contributed by atoms with Gasteiger partial charge in [-0.15, -0.1) is 0 Å². The second kappa shape index (κ2) is 5.87. The Balaban J connectivity index is 2.99. The van der Waals surface area contributed by atoms with Crippen LogP contribution in [0.1, 0.15) is 39.7 Å². The van der Waals surface area contributed by atoms with Crippen LogP contribution in [-0.4, -0.2) is 18.8 Å². The molecular weight excluding hydrogens is 242 g/mol. The molecule has 0 atom stereocenters. The van der Waals surface area contributed by atoms with Gasteiger partial charge in [-0.05, 0) is 30.5 Å². The molecule has 1 N–H and O–H groups in total. The van der Waals surface area contributed by atoms with Gasteiger partial charge in [-0.2, -0.15) is 0 Å². The van der Waals surface area contributed by atoms with Gasteiger partial charge in [0, 0.05) is 11.3 Å². The van der Waals surface area contributed by atoms with Gasteiger partial charge < -0.3 is 10.1 Å². The molecule has 104 valence electrons. The van der Waals surface area contributed by atoms with Crippen LogP contribution in [-0.2, 0) is 15.0 Å². The highest BCUT2D eigenvalue weighted by Gasteiger charge is 2.19. The van der Waals surface area contributed by atoms with Crippen LogP contribution in [0.3, 0.4) is 0 Å². The van der Waals surface area contributed by atoms with E-state index in [4.69, 9.17) is 4.74 Å². The maximum Gasteiger partial charge on any atom is 0.231 e. The lowest BCUT2D eigenvalue weighted by molar-refractivity contribution is -0.124. The molecule has 0 spiro atoms. The molecule has 1 rings (SSSR count). The average molecular weight is 263 g/mol. The molecular formula is C15H21NO3. The first-order valence-electron chi connectivity index (χ1n) is 6.22. The minimum absolute atomic E-state index is 0.0906. The van der Waals surface area contributed by atoms with Crippen LogP contribution in [0, 0.1) is 0 Å². The molecule has 0 aromatic heterocycles. The molecule has 4 heteroatoms. The second-order valence-electron chi connectivity index (χ2n) is 5.59. The molecule has 0 fully saturated rings. The number of hydrogen-bond acceptors (Lipinski definition) is 3. The van der Waals surface area contributed by atoms with Crippen LogP contribution in [0.4, 0.5) is 5.69 Å². The summed E-state index contributed by atoms with van der Waals surface area (Å²) in [5.41, 5.74) is 1.60. The lowest BCUT2D eigenvalue weighted by atomic mass is 9.86. The van der Waals surface area contributed by atoms with Gasteiger partial charge in [-0.3, -0.25) is 9.59 Å². The summed E-state index contributed by atoms with van der Waals surface area (Å²) < 4.78 is 5.33. The molecule has 1 aromatic rings. The molecule has 0 saturated heterocycles. The number of Topliss-reactive ketones (excluding diaryl/α,β-unsaturated/α-hetero) is 1. The molecule has 0 aliphatic rings. The van der Waals surface area contributed by atoms with Crippen molar-refractivity contribution in [3.8, 4) is 5.75 Å². The highest BCUT2D eigenvalue weighted by Crippen LogP contribution is 2.33. The Morgan fingerprint density at radius 2 is 1.89 bits per heavy atom. The van der Waals surface area contributed by atoms with E-state index >= 15 is 0 Å². The number of rotatable bonds is 4. The van der Waals surface area contributed by atoms with Crippen molar-refractivity contribution >= 4 is 17.4 Å². The minimum Gasteiger partial charge on any atom is -0.496 e. The van der Waals surface area contributed by atoms with E-state index in [0.717, 1.165) is 11.3 Å². The Bertz CT molecular complexity index is 487. The third kappa shape index (κ3) is 4.39. The molecule has 19 heavy (non-hydrogen) atoms. The number of benzene rings is 1. The molecule has 0 saturated carbocycles. The van der Waals surface area contributed by atoms with E-state index in [2.05, 4.69) is 26.1 Å². The fourth-order valence-corrected chi connectivity index (χ4v) is 1.80. The Morgan fingerprint density at radius 3 is 2.37 bits per heavy atom. The molecule has 1 amide bonds. The van der Waals surface area contributed by atoms with Gasteiger partial charge >= 0.3 is 0 Å². The van der Waals surface area contributed by atoms with E-state index in [1.54, 1.807) is 13.2 Å². The number of amides is 1. The number of ether oxygens (including phenoxy) is 1. The van der Waals surface area contributed by atoms with Gasteiger partial charge in [-0.1, -0.05) is 20.8 Å². The summed E-state index contributed by atoms with van der Waals surface area (Å²) in [6.45, 7) is 7.62. The molecule has 0 radical (unpaired) electrons. The van der Waals surface area contributed by atoms with E-state index < -0.39 is 0 Å². The topological polar surface area (TPSA) is 55.4 Å². The number of carbonyl (C=O) groups excluding carboxylic acids is 2. The monoisotopic (exact) mass is 263 g/mol. The van der Waals surface area contributed by atoms with Crippen LogP contribution in [0.25, 0.3) is 0 Å². The van der Waals surface area contributed by atoms with Crippen molar-refractivity contribution in [1.29, 1.82) is 0 Å². The molecule has 4 nitrogen and oxygen atoms in total. The fraction of sp³-hybridized carbons (Fsp3) is 0.467. The molecule has 0 unspecified atom stereocenters. The van der Waals surface area contributed by atoms with Crippen molar-refractivity contribution in [3.05, 3.63) is 23.8 Å². The number of hydrogen-bond donors (Lipinski definition) is 1. The van der Waals surface area contributed by atoms with Gasteiger partial charge in [0.2, 0.25) is 5.91 Å². The lowest BCUT2D eigenvalue weighted by Crippen LogP contribution is -2.17. The van der Waals surface area contributed by atoms with Gasteiger partial charge in [0.25, 0.3) is 0 Å². The van der Waals surface area contributed by atoms with Crippen molar-refractivity contribution in [3.63, 3.8) is 0 Å². The summed E-state index contributed by atoms with van der Waals surface area (Å²) in [5.74, 6) is 0.344. The highest BCUT2D eigenvalue weighted by atomic mass is 16.5. The number of ketones is 1. The summed E-state index contributed by atoms with van der Waals surface area (Å²) in [6, 6.07) is 5.48. The van der Waals surface area contributed by atoms with E-state index in [-0.39, 0.29) is 23.5 Å². The molecule has 0 aliphatic heterocycles. The van der Waals surface area contributed by atoms with Gasteiger partial charge in [0.05, 0.1) is 13.5 Å². The normalized spacial score (nSPS) is 11.0. The molecule has 1 aromatic carbocycles. The predicted molar refractivity (Wildman–Crippen MR) is 75.6 cm³/mol. The van der Waals surface area contributed by atoms with E-state index in [0.29, 0.717) is 5.69 Å². The summed E-state index contributed by atoms with van der Waals surface area (Å²) >= 11 is 0. The Kier molecular flexibility index (Phi) is 4.70. The summed E-state index contributed by atoms with van der Waals surface area (Å²) in [7, 11) is 1.62. The summed E-state index contributed by atoms with van der Waals surface area (Å²) in [4.78, 5) is 22.5. The first kappa shape index (κ1) is 15.2. The maximum atomic E-state index is 11.6. The van der Waals surface area contributed by atoms with Crippen LogP contribution < -0.4 is 10.1 Å². The van der Waals surface area contributed by atoms with Crippen LogP contribution in [0.2, 0.25) is 0 Å². The zero-order valence-electron chi connectivity index (χ0n) is 12.2. The standard InChI is InChI=1S/C15H21NO3/c1-10(17)8-14(18)16-11-6-7-13(19-5)12(9-11)15(2,3)4/h6-7,9H,8H2,1-5H3,(H,16,18). The van der Waals surface area contributed by atoms with Gasteiger partial charge in [0.15, 0.2) is 0 Å². The number of carbonyl (C=O) groups is 2. The Hall–Kier alpha value is -1.84. The third-order valence-corrected chi connectivity index (χ3v) is 2.70.